The molecule has 0 saturated heterocycles. The first-order valence-electron chi connectivity index (χ1n) is 5.80. The molecule has 2 aromatic rings. The second-order valence-corrected chi connectivity index (χ2v) is 4.01. The maximum absolute atomic E-state index is 10.9. The Morgan fingerprint density at radius 1 is 1.33 bits per heavy atom. The standard InChI is InChI=1S/C14H11N3O4/c1-20-9-4-8(7-15)5-10(6-9)21-13-11(16)2-3-12(17-13)14(18)19/h2-6H,16H2,1H3,(H,18,19). The number of nitrogens with zero attached hydrogens (tertiary/aromatic N) is 2. The van der Waals surface area contributed by atoms with Crippen molar-refractivity contribution in [2.45, 2.75) is 0 Å². The van der Waals surface area contributed by atoms with Crippen molar-refractivity contribution in [1.29, 1.82) is 5.26 Å². The van der Waals surface area contributed by atoms with E-state index in [2.05, 4.69) is 4.98 Å². The van der Waals surface area contributed by atoms with Gasteiger partial charge in [-0.2, -0.15) is 5.26 Å². The number of aromatic nitrogens is 1. The molecule has 1 aromatic heterocycles. The normalized spacial score (nSPS) is 9.71. The molecule has 0 aliphatic carbocycles. The van der Waals surface area contributed by atoms with Crippen molar-refractivity contribution in [1.82, 2.24) is 4.98 Å². The van der Waals surface area contributed by atoms with E-state index in [4.69, 9.17) is 25.6 Å². The van der Waals surface area contributed by atoms with Gasteiger partial charge in [0.15, 0.2) is 5.69 Å². The van der Waals surface area contributed by atoms with Gasteiger partial charge in [0.05, 0.1) is 24.4 Å². The number of ether oxygens (including phenoxy) is 2. The van der Waals surface area contributed by atoms with Crippen molar-refractivity contribution in [3.63, 3.8) is 0 Å². The highest BCUT2D eigenvalue weighted by Crippen LogP contribution is 2.29. The summed E-state index contributed by atoms with van der Waals surface area (Å²) < 4.78 is 10.5. The minimum Gasteiger partial charge on any atom is -0.497 e. The van der Waals surface area contributed by atoms with Gasteiger partial charge in [0, 0.05) is 6.07 Å². The highest BCUT2D eigenvalue weighted by Gasteiger charge is 2.11. The van der Waals surface area contributed by atoms with E-state index in [9.17, 15) is 4.79 Å². The lowest BCUT2D eigenvalue weighted by atomic mass is 10.2. The van der Waals surface area contributed by atoms with Gasteiger partial charge in [-0.25, -0.2) is 9.78 Å². The zero-order valence-corrected chi connectivity index (χ0v) is 11.0. The van der Waals surface area contributed by atoms with E-state index in [1.54, 1.807) is 0 Å². The number of hydrogen-bond acceptors (Lipinski definition) is 6. The van der Waals surface area contributed by atoms with Crippen LogP contribution in [0.4, 0.5) is 5.69 Å². The van der Waals surface area contributed by atoms with E-state index in [0.717, 1.165) is 0 Å². The monoisotopic (exact) mass is 285 g/mol. The number of anilines is 1. The SMILES string of the molecule is COc1cc(C#N)cc(Oc2nc(C(=O)O)ccc2N)c1. The third kappa shape index (κ3) is 3.19. The molecule has 0 amide bonds. The molecule has 106 valence electrons. The van der Waals surface area contributed by atoms with E-state index in [0.29, 0.717) is 11.3 Å². The molecule has 0 aliphatic rings. The van der Waals surface area contributed by atoms with Crippen LogP contribution in [-0.4, -0.2) is 23.2 Å². The summed E-state index contributed by atoms with van der Waals surface area (Å²) in [6.45, 7) is 0. The quantitative estimate of drug-likeness (QED) is 0.882. The molecule has 1 aromatic carbocycles. The maximum Gasteiger partial charge on any atom is 0.354 e. The van der Waals surface area contributed by atoms with Crippen LogP contribution in [0.1, 0.15) is 16.1 Å². The van der Waals surface area contributed by atoms with E-state index in [-0.39, 0.29) is 23.0 Å². The van der Waals surface area contributed by atoms with Crippen LogP contribution in [0, 0.1) is 11.3 Å². The number of carboxylic acid groups (broad SMARTS) is 1. The Kier molecular flexibility index (Phi) is 3.90. The van der Waals surface area contributed by atoms with Crippen molar-refractivity contribution < 1.29 is 19.4 Å². The minimum absolute atomic E-state index is 0.0490. The van der Waals surface area contributed by atoms with Crippen molar-refractivity contribution in [2.75, 3.05) is 12.8 Å². The number of carbonyl (C=O) groups is 1. The van der Waals surface area contributed by atoms with Crippen molar-refractivity contribution in [3.8, 4) is 23.4 Å². The lowest BCUT2D eigenvalue weighted by Crippen LogP contribution is -2.03. The number of nitrogens with two attached hydrogens (primary N) is 1. The Morgan fingerprint density at radius 2 is 2.05 bits per heavy atom. The van der Waals surface area contributed by atoms with E-state index in [1.807, 2.05) is 6.07 Å². The molecule has 0 saturated carbocycles. The number of nitriles is 1. The molecule has 21 heavy (non-hydrogen) atoms. The zero-order valence-electron chi connectivity index (χ0n) is 11.0. The number of hydrogen-bond donors (Lipinski definition) is 2. The summed E-state index contributed by atoms with van der Waals surface area (Å²) in [5.74, 6) is -0.542. The van der Waals surface area contributed by atoms with Crippen molar-refractivity contribution in [2.24, 2.45) is 0 Å². The highest BCUT2D eigenvalue weighted by molar-refractivity contribution is 5.86. The molecule has 7 nitrogen and oxygen atoms in total. The van der Waals surface area contributed by atoms with Gasteiger partial charge < -0.3 is 20.3 Å². The summed E-state index contributed by atoms with van der Waals surface area (Å²) in [6, 6.07) is 9.17. The van der Waals surface area contributed by atoms with Gasteiger partial charge in [-0.05, 0) is 24.3 Å². The van der Waals surface area contributed by atoms with Gasteiger partial charge in [0.2, 0.25) is 5.88 Å². The largest absolute Gasteiger partial charge is 0.497 e. The zero-order chi connectivity index (χ0) is 15.4. The van der Waals surface area contributed by atoms with Crippen LogP contribution in [0.3, 0.4) is 0 Å². The number of aromatic carboxylic acids is 1. The third-order valence-electron chi connectivity index (χ3n) is 2.57. The predicted molar refractivity (Wildman–Crippen MR) is 73.4 cm³/mol. The fraction of sp³-hybridized carbons (Fsp3) is 0.0714. The number of pyridine rings is 1. The summed E-state index contributed by atoms with van der Waals surface area (Å²) in [4.78, 5) is 14.7. The molecule has 0 radical (unpaired) electrons. The number of carboxylic acids is 1. The van der Waals surface area contributed by atoms with Gasteiger partial charge >= 0.3 is 5.97 Å². The molecule has 2 rings (SSSR count). The number of benzene rings is 1. The Bertz CT molecular complexity index is 737. The Morgan fingerprint density at radius 3 is 2.67 bits per heavy atom. The van der Waals surface area contributed by atoms with Crippen LogP contribution >= 0.6 is 0 Å². The van der Waals surface area contributed by atoms with E-state index < -0.39 is 5.97 Å². The Balaban J connectivity index is 2.40. The average molecular weight is 285 g/mol. The highest BCUT2D eigenvalue weighted by atomic mass is 16.5. The van der Waals surface area contributed by atoms with Gasteiger partial charge in [0.1, 0.15) is 11.5 Å². The second-order valence-electron chi connectivity index (χ2n) is 4.01. The predicted octanol–water partition coefficient (Wildman–Crippen LogP) is 2.03. The molecule has 0 spiro atoms. The van der Waals surface area contributed by atoms with Gasteiger partial charge in [0.25, 0.3) is 0 Å². The molecule has 1 heterocycles. The van der Waals surface area contributed by atoms with Crippen molar-refractivity contribution in [3.05, 3.63) is 41.6 Å². The van der Waals surface area contributed by atoms with Crippen LogP contribution in [0.15, 0.2) is 30.3 Å². The smallest absolute Gasteiger partial charge is 0.354 e. The molecule has 0 atom stereocenters. The van der Waals surface area contributed by atoms with Crippen LogP contribution in [0.2, 0.25) is 0 Å². The first-order chi connectivity index (χ1) is 10.0. The van der Waals surface area contributed by atoms with Crippen LogP contribution in [-0.2, 0) is 0 Å². The van der Waals surface area contributed by atoms with Gasteiger partial charge in [-0.15, -0.1) is 0 Å². The first kappa shape index (κ1) is 14.1. The molecule has 0 unspecified atom stereocenters. The summed E-state index contributed by atoms with van der Waals surface area (Å²) in [5.41, 5.74) is 6.02. The lowest BCUT2D eigenvalue weighted by molar-refractivity contribution is 0.0689. The van der Waals surface area contributed by atoms with Gasteiger partial charge in [-0.1, -0.05) is 0 Å². The number of rotatable bonds is 4. The average Bonchev–Trinajstić information content (AvgIpc) is 2.48. The fourth-order valence-corrected chi connectivity index (χ4v) is 1.58. The summed E-state index contributed by atoms with van der Waals surface area (Å²) in [5, 5.41) is 17.8. The Hall–Kier alpha value is -3.27. The summed E-state index contributed by atoms with van der Waals surface area (Å²) >= 11 is 0. The lowest BCUT2D eigenvalue weighted by Gasteiger charge is -2.09. The van der Waals surface area contributed by atoms with Crippen LogP contribution < -0.4 is 15.2 Å². The maximum atomic E-state index is 10.9. The van der Waals surface area contributed by atoms with Crippen LogP contribution in [0.25, 0.3) is 0 Å². The third-order valence-corrected chi connectivity index (χ3v) is 2.57. The topological polar surface area (TPSA) is 118 Å². The summed E-state index contributed by atoms with van der Waals surface area (Å²) in [7, 11) is 1.46. The van der Waals surface area contributed by atoms with Crippen LogP contribution in [0.5, 0.6) is 17.4 Å². The molecular weight excluding hydrogens is 274 g/mol. The molecule has 3 N–H and O–H groups in total. The number of nitrogen functional groups attached to an aromatic ring is 1. The molecule has 0 bridgehead atoms. The molecule has 7 heteroatoms. The minimum atomic E-state index is -1.19. The van der Waals surface area contributed by atoms with Gasteiger partial charge in [-0.3, -0.25) is 0 Å². The van der Waals surface area contributed by atoms with E-state index in [1.165, 1.54) is 37.4 Å². The second kappa shape index (κ2) is 5.79. The van der Waals surface area contributed by atoms with Crippen molar-refractivity contribution >= 4 is 11.7 Å². The fourth-order valence-electron chi connectivity index (χ4n) is 1.58. The first-order valence-corrected chi connectivity index (χ1v) is 5.80. The van der Waals surface area contributed by atoms with E-state index >= 15 is 0 Å². The molecular formula is C14H11N3O4. The Labute approximate surface area is 120 Å². The molecule has 0 fully saturated rings. The number of methoxy groups -OCH3 is 1. The molecule has 0 aliphatic heterocycles. The summed E-state index contributed by atoms with van der Waals surface area (Å²) in [6.07, 6.45) is 0.